The zero-order valence-electron chi connectivity index (χ0n) is 14.1. The summed E-state index contributed by atoms with van der Waals surface area (Å²) in [5, 5.41) is 0. The maximum absolute atomic E-state index is 12.0. The van der Waals surface area contributed by atoms with Gasteiger partial charge >= 0.3 is 11.7 Å². The summed E-state index contributed by atoms with van der Waals surface area (Å²) in [6, 6.07) is -0.991. The Bertz CT molecular complexity index is 834. The number of nitrogens with zero attached hydrogens (tertiary/aromatic N) is 1. The van der Waals surface area contributed by atoms with Crippen LogP contribution in [0.25, 0.3) is 6.08 Å². The number of nitrogens with one attached hydrogen (secondary N) is 1. The van der Waals surface area contributed by atoms with Crippen LogP contribution in [0.1, 0.15) is 24.6 Å². The molecule has 1 amide bonds. The van der Waals surface area contributed by atoms with Gasteiger partial charge in [-0.1, -0.05) is 15.9 Å². The smallest absolute Gasteiger partial charge is 0.330 e. The average molecular weight is 447 g/mol. The number of ether oxygens (including phenoxy) is 3. The summed E-state index contributed by atoms with van der Waals surface area (Å²) in [4.78, 5) is 49.8. The molecule has 1 aromatic rings. The SMILES string of the molecule is NC(=O)CC[C@H](N)C(=O)OC[C@H]1OC[C@@H](n2cc(/C=C/Br)c(=O)[nH]c2=O)O1. The molecule has 2 heterocycles. The molecule has 27 heavy (non-hydrogen) atoms. The van der Waals surface area contributed by atoms with Gasteiger partial charge in [0.05, 0.1) is 12.2 Å². The van der Waals surface area contributed by atoms with Crippen LogP contribution in [0, 0.1) is 0 Å². The Labute approximate surface area is 161 Å². The summed E-state index contributed by atoms with van der Waals surface area (Å²) in [6.07, 6.45) is 1.13. The fourth-order valence-electron chi connectivity index (χ4n) is 2.25. The fourth-order valence-corrected chi connectivity index (χ4v) is 2.54. The van der Waals surface area contributed by atoms with Gasteiger partial charge in [0.25, 0.3) is 5.56 Å². The normalized spacial score (nSPS) is 20.7. The molecule has 0 aromatic carbocycles. The molecule has 1 saturated heterocycles. The van der Waals surface area contributed by atoms with Crippen molar-refractivity contribution in [2.75, 3.05) is 13.2 Å². The molecule has 5 N–H and O–H groups in total. The van der Waals surface area contributed by atoms with Crippen molar-refractivity contribution in [2.24, 2.45) is 11.5 Å². The molecule has 1 aliphatic rings. The van der Waals surface area contributed by atoms with Gasteiger partial charge in [-0.05, 0) is 17.5 Å². The van der Waals surface area contributed by atoms with Crippen molar-refractivity contribution in [3.8, 4) is 0 Å². The number of aromatic amines is 1. The van der Waals surface area contributed by atoms with E-state index in [1.165, 1.54) is 21.8 Å². The van der Waals surface area contributed by atoms with Crippen LogP contribution in [0.4, 0.5) is 0 Å². The minimum Gasteiger partial charge on any atom is -0.459 e. The third-order valence-electron chi connectivity index (χ3n) is 3.65. The van der Waals surface area contributed by atoms with Crippen molar-refractivity contribution in [3.63, 3.8) is 0 Å². The number of H-pyrrole nitrogens is 1. The summed E-state index contributed by atoms with van der Waals surface area (Å²) >= 11 is 3.06. The molecule has 0 radical (unpaired) electrons. The van der Waals surface area contributed by atoms with E-state index in [0.717, 1.165) is 0 Å². The van der Waals surface area contributed by atoms with Crippen LogP contribution in [0.3, 0.4) is 0 Å². The van der Waals surface area contributed by atoms with Gasteiger partial charge < -0.3 is 25.7 Å². The highest BCUT2D eigenvalue weighted by Crippen LogP contribution is 2.20. The van der Waals surface area contributed by atoms with E-state index >= 15 is 0 Å². The number of aromatic nitrogens is 2. The van der Waals surface area contributed by atoms with E-state index in [4.69, 9.17) is 25.7 Å². The van der Waals surface area contributed by atoms with Gasteiger partial charge in [-0.25, -0.2) is 4.79 Å². The van der Waals surface area contributed by atoms with Gasteiger partial charge in [0.1, 0.15) is 12.6 Å². The fraction of sp³-hybridized carbons (Fsp3) is 0.467. The van der Waals surface area contributed by atoms with E-state index in [-0.39, 0.29) is 31.6 Å². The van der Waals surface area contributed by atoms with Gasteiger partial charge in [0.2, 0.25) is 5.91 Å². The lowest BCUT2D eigenvalue weighted by Crippen LogP contribution is -2.36. The van der Waals surface area contributed by atoms with Gasteiger partial charge in [0, 0.05) is 12.6 Å². The summed E-state index contributed by atoms with van der Waals surface area (Å²) < 4.78 is 17.0. The number of carbonyl (C=O) groups excluding carboxylic acids is 2. The highest BCUT2D eigenvalue weighted by atomic mass is 79.9. The standard InChI is InChI=1S/C15H19BrN4O7/c16-4-3-8-5-20(15(24)19-13(8)22)11-6-25-12(27-11)7-26-14(23)9(17)1-2-10(18)21/h3-5,9,11-12H,1-2,6-7,17H2,(H2,18,21)(H,19,22,24)/b4-3+/t9-,11-,12-/m0/s1. The van der Waals surface area contributed by atoms with Crippen molar-refractivity contribution in [3.05, 3.63) is 37.6 Å². The third-order valence-corrected chi connectivity index (χ3v) is 3.91. The second kappa shape index (κ2) is 9.60. The number of halogens is 1. The van der Waals surface area contributed by atoms with Crippen molar-refractivity contribution in [1.82, 2.24) is 9.55 Å². The van der Waals surface area contributed by atoms with E-state index in [1.807, 2.05) is 0 Å². The minimum absolute atomic E-state index is 0.0133. The molecular weight excluding hydrogens is 428 g/mol. The molecule has 2 rings (SSSR count). The Balaban J connectivity index is 1.93. The first-order valence-corrected chi connectivity index (χ1v) is 8.83. The highest BCUT2D eigenvalue weighted by Gasteiger charge is 2.30. The first kappa shape index (κ1) is 21.0. The molecule has 0 aliphatic carbocycles. The van der Waals surface area contributed by atoms with Crippen LogP contribution >= 0.6 is 15.9 Å². The predicted molar refractivity (Wildman–Crippen MR) is 96.5 cm³/mol. The molecule has 1 aliphatic heterocycles. The lowest BCUT2D eigenvalue weighted by molar-refractivity contribution is -0.160. The monoisotopic (exact) mass is 446 g/mol. The van der Waals surface area contributed by atoms with Crippen LogP contribution in [-0.2, 0) is 23.8 Å². The summed E-state index contributed by atoms with van der Waals surface area (Å²) in [5.74, 6) is -1.29. The molecule has 0 bridgehead atoms. The Morgan fingerprint density at radius 1 is 1.48 bits per heavy atom. The first-order valence-electron chi connectivity index (χ1n) is 7.91. The Morgan fingerprint density at radius 3 is 2.89 bits per heavy atom. The van der Waals surface area contributed by atoms with Gasteiger partial charge in [-0.15, -0.1) is 0 Å². The van der Waals surface area contributed by atoms with E-state index in [9.17, 15) is 19.2 Å². The Kier molecular flexibility index (Phi) is 7.47. The molecule has 0 spiro atoms. The van der Waals surface area contributed by atoms with Gasteiger partial charge in [0.15, 0.2) is 12.5 Å². The number of amides is 1. The van der Waals surface area contributed by atoms with Crippen LogP contribution in [0.15, 0.2) is 20.8 Å². The largest absolute Gasteiger partial charge is 0.459 e. The molecule has 148 valence electrons. The molecule has 3 atom stereocenters. The second-order valence-corrected chi connectivity index (χ2v) is 6.17. The lowest BCUT2D eigenvalue weighted by Gasteiger charge is -2.15. The Morgan fingerprint density at radius 2 is 2.22 bits per heavy atom. The van der Waals surface area contributed by atoms with Crippen LogP contribution in [0.5, 0.6) is 0 Å². The number of rotatable bonds is 8. The zero-order chi connectivity index (χ0) is 20.0. The van der Waals surface area contributed by atoms with Crippen molar-refractivity contribution in [2.45, 2.75) is 31.4 Å². The topological polar surface area (TPSA) is 169 Å². The van der Waals surface area contributed by atoms with Gasteiger partial charge in [-0.2, -0.15) is 0 Å². The number of primary amides is 1. The first-order chi connectivity index (χ1) is 12.8. The molecular formula is C15H19BrN4O7. The molecule has 0 unspecified atom stereocenters. The molecule has 12 heteroatoms. The number of carbonyl (C=O) groups is 2. The predicted octanol–water partition coefficient (Wildman–Crippen LogP) is -1.09. The molecule has 1 fully saturated rings. The second-order valence-electron chi connectivity index (χ2n) is 5.64. The van der Waals surface area contributed by atoms with Crippen LogP contribution < -0.4 is 22.7 Å². The third kappa shape index (κ3) is 5.85. The van der Waals surface area contributed by atoms with Crippen LogP contribution in [0.2, 0.25) is 0 Å². The van der Waals surface area contributed by atoms with Crippen LogP contribution in [-0.4, -0.2) is 47.0 Å². The Hall–Kier alpha value is -2.28. The van der Waals surface area contributed by atoms with Gasteiger partial charge in [-0.3, -0.25) is 23.9 Å². The van der Waals surface area contributed by atoms with E-state index in [1.54, 1.807) is 0 Å². The maximum Gasteiger partial charge on any atom is 0.330 e. The quantitative estimate of drug-likeness (QED) is 0.423. The number of hydrogen-bond donors (Lipinski definition) is 3. The van der Waals surface area contributed by atoms with Crippen molar-refractivity contribution >= 4 is 33.9 Å². The van der Waals surface area contributed by atoms with Crippen molar-refractivity contribution < 1.29 is 23.8 Å². The number of hydrogen-bond acceptors (Lipinski definition) is 8. The zero-order valence-corrected chi connectivity index (χ0v) is 15.7. The average Bonchev–Trinajstić information content (AvgIpc) is 3.08. The van der Waals surface area contributed by atoms with E-state index in [2.05, 4.69) is 20.9 Å². The molecule has 11 nitrogen and oxygen atoms in total. The van der Waals surface area contributed by atoms with E-state index in [0.29, 0.717) is 0 Å². The summed E-state index contributed by atoms with van der Waals surface area (Å²) in [7, 11) is 0. The van der Waals surface area contributed by atoms with Crippen molar-refractivity contribution in [1.29, 1.82) is 0 Å². The van der Waals surface area contributed by atoms with E-state index < -0.39 is 41.7 Å². The minimum atomic E-state index is -0.991. The molecule has 1 aromatic heterocycles. The summed E-state index contributed by atoms with van der Waals surface area (Å²) in [6.45, 7) is -0.231. The maximum atomic E-state index is 12.0. The highest BCUT2D eigenvalue weighted by molar-refractivity contribution is 9.11. The summed E-state index contributed by atoms with van der Waals surface area (Å²) in [5.41, 5.74) is 9.63. The number of nitrogens with two attached hydrogens (primary N) is 2. The lowest BCUT2D eigenvalue weighted by atomic mass is 10.1. The number of esters is 1. The molecule has 0 saturated carbocycles.